The molecule has 0 atom stereocenters. The molecule has 2 aromatic carbocycles. The number of nitrogens with two attached hydrogens (primary N) is 1. The molecule has 3 N–H and O–H groups in total. The van der Waals surface area contributed by atoms with E-state index in [0.717, 1.165) is 16.3 Å². The van der Waals surface area contributed by atoms with Gasteiger partial charge in [-0.05, 0) is 16.3 Å². The molecule has 0 saturated carbocycles. The van der Waals surface area contributed by atoms with E-state index in [2.05, 4.69) is 5.73 Å². The largest absolute Gasteiger partial charge is 0.481 e. The molecule has 2 aromatic rings. The Hall–Kier alpha value is -2.36. The normalized spacial score (nSPS) is 9.39. The molecule has 0 bridgehead atoms. The van der Waals surface area contributed by atoms with Crippen molar-refractivity contribution in [3.63, 3.8) is 0 Å². The number of carboxylic acids is 1. The zero-order chi connectivity index (χ0) is 13.5. The Labute approximate surface area is 105 Å². The highest BCUT2D eigenvalue weighted by molar-refractivity contribution is 5.88. The number of carbonyl (C=O) groups excluding carboxylic acids is 1. The topological polar surface area (TPSA) is 80.4 Å². The fourth-order valence-corrected chi connectivity index (χ4v) is 1.61. The van der Waals surface area contributed by atoms with Gasteiger partial charge in [0.15, 0.2) is 0 Å². The zero-order valence-electron chi connectivity index (χ0n) is 10.1. The van der Waals surface area contributed by atoms with Crippen LogP contribution in [0, 0.1) is 0 Å². The summed E-state index contributed by atoms with van der Waals surface area (Å²) >= 11 is 0. The summed E-state index contributed by atoms with van der Waals surface area (Å²) in [5.41, 5.74) is 5.34. The molecule has 0 saturated heterocycles. The van der Waals surface area contributed by atoms with Crippen molar-refractivity contribution in [2.24, 2.45) is 5.73 Å². The Morgan fingerprint density at radius 2 is 1.67 bits per heavy atom. The fourth-order valence-electron chi connectivity index (χ4n) is 1.61. The lowest BCUT2D eigenvalue weighted by atomic mass is 10.0. The van der Waals surface area contributed by atoms with Gasteiger partial charge < -0.3 is 10.8 Å². The molecular weight excluding hydrogens is 230 g/mol. The smallest absolute Gasteiger partial charge is 0.307 e. The highest BCUT2D eigenvalue weighted by Gasteiger charge is 2.03. The summed E-state index contributed by atoms with van der Waals surface area (Å²) in [4.78, 5) is 19.8. The van der Waals surface area contributed by atoms with Crippen LogP contribution in [0.15, 0.2) is 42.5 Å². The van der Waals surface area contributed by atoms with Crippen LogP contribution < -0.4 is 5.73 Å². The molecule has 0 radical (unpaired) electrons. The monoisotopic (exact) mass is 245 g/mol. The van der Waals surface area contributed by atoms with E-state index in [9.17, 15) is 9.59 Å². The van der Waals surface area contributed by atoms with Crippen LogP contribution in [-0.4, -0.2) is 17.0 Å². The molecule has 0 aliphatic rings. The van der Waals surface area contributed by atoms with Crippen LogP contribution in [0.25, 0.3) is 10.8 Å². The standard InChI is InChI=1S/C12H10O2.C2H5NO/c13-12(14)8-10-6-3-5-9-4-1-2-7-11(9)10;1-2(3)4/h1-7H,8H2,(H,13,14);1H3,(H2,3,4). The third kappa shape index (κ3) is 4.25. The van der Waals surface area contributed by atoms with Crippen LogP contribution in [0.5, 0.6) is 0 Å². The van der Waals surface area contributed by atoms with Crippen LogP contribution in [0.3, 0.4) is 0 Å². The Kier molecular flexibility index (Phi) is 4.87. The predicted octanol–water partition coefficient (Wildman–Crippen LogP) is 1.96. The molecule has 0 aliphatic heterocycles. The van der Waals surface area contributed by atoms with Gasteiger partial charge in [-0.15, -0.1) is 0 Å². The van der Waals surface area contributed by atoms with Crippen molar-refractivity contribution in [3.8, 4) is 0 Å². The Morgan fingerprint density at radius 1 is 1.11 bits per heavy atom. The second-order valence-electron chi connectivity index (χ2n) is 3.82. The minimum absolute atomic E-state index is 0.0847. The molecule has 0 spiro atoms. The summed E-state index contributed by atoms with van der Waals surface area (Å²) in [6.07, 6.45) is 0.0847. The first-order valence-corrected chi connectivity index (χ1v) is 5.45. The first-order chi connectivity index (χ1) is 8.50. The third-order valence-electron chi connectivity index (χ3n) is 2.22. The van der Waals surface area contributed by atoms with Crippen LogP contribution in [0.1, 0.15) is 12.5 Å². The van der Waals surface area contributed by atoms with Crippen molar-refractivity contribution in [2.75, 3.05) is 0 Å². The maximum atomic E-state index is 10.6. The zero-order valence-corrected chi connectivity index (χ0v) is 10.1. The summed E-state index contributed by atoms with van der Waals surface area (Å²) in [6, 6.07) is 13.5. The van der Waals surface area contributed by atoms with Gasteiger partial charge in [0, 0.05) is 6.92 Å². The summed E-state index contributed by atoms with van der Waals surface area (Å²) < 4.78 is 0. The summed E-state index contributed by atoms with van der Waals surface area (Å²) in [5, 5.41) is 10.8. The number of fused-ring (bicyclic) bond motifs is 1. The van der Waals surface area contributed by atoms with E-state index in [1.165, 1.54) is 6.92 Å². The number of carbonyl (C=O) groups is 2. The average Bonchev–Trinajstić information content (AvgIpc) is 2.28. The fraction of sp³-hybridized carbons (Fsp3) is 0.143. The quantitative estimate of drug-likeness (QED) is 0.848. The van der Waals surface area contributed by atoms with Crippen molar-refractivity contribution in [1.82, 2.24) is 0 Å². The highest BCUT2D eigenvalue weighted by atomic mass is 16.4. The van der Waals surface area contributed by atoms with E-state index < -0.39 is 5.97 Å². The van der Waals surface area contributed by atoms with Crippen LogP contribution in [-0.2, 0) is 16.0 Å². The number of aliphatic carboxylic acids is 1. The van der Waals surface area contributed by atoms with E-state index in [0.29, 0.717) is 0 Å². The molecule has 18 heavy (non-hydrogen) atoms. The number of amides is 1. The van der Waals surface area contributed by atoms with Crippen molar-refractivity contribution in [1.29, 1.82) is 0 Å². The third-order valence-corrected chi connectivity index (χ3v) is 2.22. The minimum Gasteiger partial charge on any atom is -0.481 e. The SMILES string of the molecule is CC(N)=O.O=C(O)Cc1cccc2ccccc12. The lowest BCUT2D eigenvalue weighted by Crippen LogP contribution is -2.01. The van der Waals surface area contributed by atoms with E-state index in [4.69, 9.17) is 5.11 Å². The molecule has 2 rings (SSSR count). The maximum Gasteiger partial charge on any atom is 0.307 e. The number of rotatable bonds is 2. The van der Waals surface area contributed by atoms with E-state index in [-0.39, 0.29) is 12.3 Å². The molecule has 4 nitrogen and oxygen atoms in total. The Morgan fingerprint density at radius 3 is 2.28 bits per heavy atom. The predicted molar refractivity (Wildman–Crippen MR) is 70.2 cm³/mol. The van der Waals surface area contributed by atoms with Gasteiger partial charge in [-0.2, -0.15) is 0 Å². The van der Waals surface area contributed by atoms with Crippen LogP contribution in [0.4, 0.5) is 0 Å². The number of carboxylic acid groups (broad SMARTS) is 1. The van der Waals surface area contributed by atoms with Crippen LogP contribution >= 0.6 is 0 Å². The van der Waals surface area contributed by atoms with E-state index in [1.807, 2.05) is 42.5 Å². The number of hydrogen-bond acceptors (Lipinski definition) is 2. The lowest BCUT2D eigenvalue weighted by Gasteiger charge is -2.02. The lowest BCUT2D eigenvalue weighted by molar-refractivity contribution is -0.136. The van der Waals surface area contributed by atoms with Gasteiger partial charge in [0.2, 0.25) is 5.91 Å². The summed E-state index contributed by atoms with van der Waals surface area (Å²) in [6.45, 7) is 1.31. The van der Waals surface area contributed by atoms with Gasteiger partial charge in [0.25, 0.3) is 0 Å². The first kappa shape index (κ1) is 13.7. The van der Waals surface area contributed by atoms with Crippen molar-refractivity contribution in [3.05, 3.63) is 48.0 Å². The van der Waals surface area contributed by atoms with Gasteiger partial charge in [0.1, 0.15) is 0 Å². The molecule has 4 heteroatoms. The molecule has 0 fully saturated rings. The van der Waals surface area contributed by atoms with Gasteiger partial charge in [-0.25, -0.2) is 0 Å². The summed E-state index contributed by atoms with van der Waals surface area (Å²) in [7, 11) is 0. The molecule has 1 amide bonds. The molecule has 0 unspecified atom stereocenters. The molecule has 0 heterocycles. The van der Waals surface area contributed by atoms with E-state index in [1.54, 1.807) is 0 Å². The van der Waals surface area contributed by atoms with Gasteiger partial charge in [-0.1, -0.05) is 42.5 Å². The summed E-state index contributed by atoms with van der Waals surface area (Å²) in [5.74, 6) is -1.12. The average molecular weight is 245 g/mol. The van der Waals surface area contributed by atoms with Crippen molar-refractivity contribution < 1.29 is 14.7 Å². The van der Waals surface area contributed by atoms with Crippen molar-refractivity contribution >= 4 is 22.6 Å². The Balaban J connectivity index is 0.000000357. The molecule has 94 valence electrons. The second kappa shape index (κ2) is 6.39. The van der Waals surface area contributed by atoms with Crippen LogP contribution in [0.2, 0.25) is 0 Å². The molecule has 0 aliphatic carbocycles. The van der Waals surface area contributed by atoms with Crippen molar-refractivity contribution in [2.45, 2.75) is 13.3 Å². The number of primary amides is 1. The second-order valence-corrected chi connectivity index (χ2v) is 3.82. The maximum absolute atomic E-state index is 10.6. The first-order valence-electron chi connectivity index (χ1n) is 5.45. The van der Waals surface area contributed by atoms with Gasteiger partial charge >= 0.3 is 5.97 Å². The Bertz CT molecular complexity index is 554. The van der Waals surface area contributed by atoms with Gasteiger partial charge in [0.05, 0.1) is 6.42 Å². The number of benzene rings is 2. The number of hydrogen-bond donors (Lipinski definition) is 2. The van der Waals surface area contributed by atoms with E-state index >= 15 is 0 Å². The minimum atomic E-state index is -0.790. The highest BCUT2D eigenvalue weighted by Crippen LogP contribution is 2.18. The molecular formula is C14H15NO3. The van der Waals surface area contributed by atoms with Gasteiger partial charge in [-0.3, -0.25) is 9.59 Å². The molecule has 0 aromatic heterocycles.